The molecule has 18 heavy (non-hydrogen) atoms. The van der Waals surface area contributed by atoms with Crippen LogP contribution in [0.2, 0.25) is 0 Å². The highest BCUT2D eigenvalue weighted by molar-refractivity contribution is 5.18. The van der Waals surface area contributed by atoms with E-state index in [0.29, 0.717) is 18.5 Å². The molecule has 0 amide bonds. The van der Waals surface area contributed by atoms with E-state index in [1.54, 1.807) is 0 Å². The number of nitrogens with zero attached hydrogens (tertiary/aromatic N) is 1. The van der Waals surface area contributed by atoms with Crippen molar-refractivity contribution in [2.24, 2.45) is 7.05 Å². The van der Waals surface area contributed by atoms with Gasteiger partial charge in [0.15, 0.2) is 0 Å². The van der Waals surface area contributed by atoms with Crippen LogP contribution in [0, 0.1) is 11.6 Å². The third-order valence-electron chi connectivity index (χ3n) is 2.87. The summed E-state index contributed by atoms with van der Waals surface area (Å²) < 4.78 is 27.9. The summed E-state index contributed by atoms with van der Waals surface area (Å²) in [5.74, 6) is -1.04. The molecule has 0 unspecified atom stereocenters. The molecule has 2 rings (SSSR count). The minimum absolute atomic E-state index is 0.521. The average Bonchev–Trinajstić information content (AvgIpc) is 2.69. The van der Waals surface area contributed by atoms with Crippen molar-refractivity contribution in [2.45, 2.75) is 13.0 Å². The van der Waals surface area contributed by atoms with Crippen molar-refractivity contribution < 1.29 is 8.78 Å². The van der Waals surface area contributed by atoms with Crippen molar-refractivity contribution in [1.82, 2.24) is 9.88 Å². The number of hydrogen-bond donors (Lipinski definition) is 1. The van der Waals surface area contributed by atoms with Gasteiger partial charge in [-0.25, -0.2) is 8.78 Å². The van der Waals surface area contributed by atoms with Crippen LogP contribution in [0.5, 0.6) is 0 Å². The Balaban J connectivity index is 1.80. The van der Waals surface area contributed by atoms with E-state index >= 15 is 0 Å². The molecule has 0 bridgehead atoms. The molecular formula is C14H16F2N2. The third-order valence-corrected chi connectivity index (χ3v) is 2.87. The summed E-state index contributed by atoms with van der Waals surface area (Å²) in [6, 6.07) is 7.65. The van der Waals surface area contributed by atoms with Crippen LogP contribution in [0.4, 0.5) is 8.78 Å². The molecular weight excluding hydrogens is 234 g/mol. The molecule has 0 aliphatic rings. The van der Waals surface area contributed by atoms with Crippen molar-refractivity contribution in [3.8, 4) is 0 Å². The summed E-state index contributed by atoms with van der Waals surface area (Å²) in [5, 5.41) is 3.25. The maximum atomic E-state index is 12.9. The predicted molar refractivity (Wildman–Crippen MR) is 67.2 cm³/mol. The van der Waals surface area contributed by atoms with Crippen LogP contribution in [0.1, 0.15) is 11.3 Å². The molecule has 0 aliphatic heterocycles. The number of aryl methyl sites for hydroxylation is 1. The summed E-state index contributed by atoms with van der Waals surface area (Å²) in [6.07, 6.45) is 2.60. The van der Waals surface area contributed by atoms with Crippen molar-refractivity contribution in [3.63, 3.8) is 0 Å². The van der Waals surface area contributed by atoms with E-state index in [1.807, 2.05) is 29.9 Å². The minimum Gasteiger partial charge on any atom is -0.353 e. The summed E-state index contributed by atoms with van der Waals surface area (Å²) in [4.78, 5) is 0. The van der Waals surface area contributed by atoms with Crippen molar-refractivity contribution >= 4 is 0 Å². The first-order valence-electron chi connectivity index (χ1n) is 5.91. The first kappa shape index (κ1) is 12.8. The first-order valence-corrected chi connectivity index (χ1v) is 5.91. The fraction of sp³-hybridized carbons (Fsp3) is 0.286. The Morgan fingerprint density at radius 2 is 1.89 bits per heavy atom. The second-order valence-corrected chi connectivity index (χ2v) is 4.31. The average molecular weight is 250 g/mol. The van der Waals surface area contributed by atoms with Crippen LogP contribution < -0.4 is 5.32 Å². The molecule has 4 heteroatoms. The predicted octanol–water partition coefficient (Wildman–Crippen LogP) is 2.64. The van der Waals surface area contributed by atoms with Gasteiger partial charge in [-0.2, -0.15) is 0 Å². The molecule has 0 atom stereocenters. The second-order valence-electron chi connectivity index (χ2n) is 4.31. The molecule has 0 saturated carbocycles. The Morgan fingerprint density at radius 1 is 1.17 bits per heavy atom. The molecule has 2 nitrogen and oxygen atoms in total. The van der Waals surface area contributed by atoms with E-state index in [2.05, 4.69) is 5.32 Å². The Kier molecular flexibility index (Phi) is 4.10. The molecule has 2 aromatic rings. The van der Waals surface area contributed by atoms with Crippen LogP contribution >= 0.6 is 0 Å². The van der Waals surface area contributed by atoms with Crippen LogP contribution in [0.15, 0.2) is 36.5 Å². The van der Waals surface area contributed by atoms with Gasteiger partial charge in [0.1, 0.15) is 11.6 Å². The maximum Gasteiger partial charge on any atom is 0.126 e. The molecule has 1 aromatic heterocycles. The highest BCUT2D eigenvalue weighted by atomic mass is 19.1. The molecule has 0 spiro atoms. The lowest BCUT2D eigenvalue weighted by Crippen LogP contribution is -2.18. The van der Waals surface area contributed by atoms with Crippen molar-refractivity contribution in [1.29, 1.82) is 0 Å². The Hall–Kier alpha value is -1.68. The number of rotatable bonds is 5. The SMILES string of the molecule is Cn1cccc1CNCCc1cc(F)cc(F)c1. The molecule has 0 saturated heterocycles. The second kappa shape index (κ2) is 5.78. The first-order chi connectivity index (χ1) is 8.65. The number of halogens is 2. The van der Waals surface area contributed by atoms with Crippen LogP contribution in [-0.4, -0.2) is 11.1 Å². The smallest absolute Gasteiger partial charge is 0.126 e. The van der Waals surface area contributed by atoms with E-state index in [-0.39, 0.29) is 0 Å². The normalized spacial score (nSPS) is 10.8. The molecule has 1 aromatic carbocycles. The van der Waals surface area contributed by atoms with Gasteiger partial charge in [-0.3, -0.25) is 0 Å². The van der Waals surface area contributed by atoms with Gasteiger partial charge in [0, 0.05) is 31.5 Å². The zero-order chi connectivity index (χ0) is 13.0. The quantitative estimate of drug-likeness (QED) is 0.807. The zero-order valence-corrected chi connectivity index (χ0v) is 10.3. The maximum absolute atomic E-state index is 12.9. The highest BCUT2D eigenvalue weighted by Crippen LogP contribution is 2.08. The number of benzene rings is 1. The van der Waals surface area contributed by atoms with E-state index in [9.17, 15) is 8.78 Å². The Labute approximate surface area is 105 Å². The minimum atomic E-state index is -0.521. The van der Waals surface area contributed by atoms with E-state index in [0.717, 1.165) is 12.6 Å². The summed E-state index contributed by atoms with van der Waals surface area (Å²) in [5.41, 5.74) is 1.85. The molecule has 1 heterocycles. The van der Waals surface area contributed by atoms with Crippen molar-refractivity contribution in [3.05, 3.63) is 59.4 Å². The van der Waals surface area contributed by atoms with Crippen molar-refractivity contribution in [2.75, 3.05) is 6.54 Å². The molecule has 0 aliphatic carbocycles. The Bertz CT molecular complexity index is 500. The van der Waals surface area contributed by atoms with E-state index in [4.69, 9.17) is 0 Å². The lowest BCUT2D eigenvalue weighted by Gasteiger charge is -2.06. The lowest BCUT2D eigenvalue weighted by molar-refractivity contribution is 0.577. The topological polar surface area (TPSA) is 17.0 Å². The standard InChI is InChI=1S/C14H16F2N2/c1-18-6-2-3-14(18)10-17-5-4-11-7-12(15)9-13(16)8-11/h2-3,6-9,17H,4-5,10H2,1H3. The summed E-state index contributed by atoms with van der Waals surface area (Å²) in [6.45, 7) is 1.44. The largest absolute Gasteiger partial charge is 0.353 e. The van der Waals surface area contributed by atoms with Gasteiger partial charge >= 0.3 is 0 Å². The fourth-order valence-corrected chi connectivity index (χ4v) is 1.88. The fourth-order valence-electron chi connectivity index (χ4n) is 1.88. The van der Waals surface area contributed by atoms with Gasteiger partial charge < -0.3 is 9.88 Å². The van der Waals surface area contributed by atoms with Gasteiger partial charge in [0.2, 0.25) is 0 Å². The van der Waals surface area contributed by atoms with E-state index in [1.165, 1.54) is 17.8 Å². The van der Waals surface area contributed by atoms with Gasteiger partial charge in [-0.15, -0.1) is 0 Å². The van der Waals surface area contributed by atoms with Gasteiger partial charge in [0.05, 0.1) is 0 Å². The number of nitrogens with one attached hydrogen (secondary N) is 1. The number of aromatic nitrogens is 1. The summed E-state index contributed by atoms with van der Waals surface area (Å²) >= 11 is 0. The highest BCUT2D eigenvalue weighted by Gasteiger charge is 2.01. The molecule has 0 fully saturated rings. The third kappa shape index (κ3) is 3.40. The Morgan fingerprint density at radius 3 is 2.50 bits per heavy atom. The molecule has 1 N–H and O–H groups in total. The zero-order valence-electron chi connectivity index (χ0n) is 10.3. The van der Waals surface area contributed by atoms with Gasteiger partial charge in [-0.1, -0.05) is 0 Å². The van der Waals surface area contributed by atoms with Crippen LogP contribution in [0.3, 0.4) is 0 Å². The monoisotopic (exact) mass is 250 g/mol. The molecule has 0 radical (unpaired) electrons. The van der Waals surface area contributed by atoms with E-state index < -0.39 is 11.6 Å². The number of hydrogen-bond acceptors (Lipinski definition) is 1. The molecule has 96 valence electrons. The van der Waals surface area contributed by atoms with Gasteiger partial charge in [0.25, 0.3) is 0 Å². The summed E-state index contributed by atoms with van der Waals surface area (Å²) in [7, 11) is 1.99. The van der Waals surface area contributed by atoms with Crippen LogP contribution in [0.25, 0.3) is 0 Å². The van der Waals surface area contributed by atoms with Gasteiger partial charge in [-0.05, 0) is 42.8 Å². The lowest BCUT2D eigenvalue weighted by atomic mass is 10.1. The van der Waals surface area contributed by atoms with Crippen LogP contribution in [-0.2, 0) is 20.0 Å².